The van der Waals surface area contributed by atoms with Crippen molar-refractivity contribution < 1.29 is 5.11 Å². The smallest absolute Gasteiger partial charge is 0.139 e. The minimum Gasteiger partial charge on any atom is -0.384 e. The third-order valence-electron chi connectivity index (χ3n) is 1.19. The maximum absolute atomic E-state index is 8.44. The molecule has 0 aliphatic rings. The Balaban J connectivity index is 3.05. The monoisotopic (exact) mass is 226 g/mol. The molecule has 3 N–H and O–H groups in total. The van der Waals surface area contributed by atoms with Gasteiger partial charge < -0.3 is 10.8 Å². The molecule has 0 amide bonds. The predicted molar refractivity (Wildman–Crippen MR) is 50.3 cm³/mol. The first-order chi connectivity index (χ1) is 5.74. The number of anilines is 1. The fraction of sp³-hybridized carbons (Fsp3) is 0.125. The summed E-state index contributed by atoms with van der Waals surface area (Å²) in [4.78, 5) is 3.88. The van der Waals surface area contributed by atoms with E-state index in [4.69, 9.17) is 10.8 Å². The molecule has 0 unspecified atom stereocenters. The van der Waals surface area contributed by atoms with Gasteiger partial charge in [0.15, 0.2) is 0 Å². The van der Waals surface area contributed by atoms with E-state index in [0.29, 0.717) is 11.4 Å². The molecule has 0 radical (unpaired) electrons. The highest BCUT2D eigenvalue weighted by atomic mass is 79.9. The first-order valence-corrected chi connectivity index (χ1v) is 4.04. The van der Waals surface area contributed by atoms with Gasteiger partial charge in [-0.15, -0.1) is 0 Å². The summed E-state index contributed by atoms with van der Waals surface area (Å²) in [6.45, 7) is -0.175. The Morgan fingerprint density at radius 2 is 2.42 bits per heavy atom. The fourth-order valence-electron chi connectivity index (χ4n) is 0.685. The summed E-state index contributed by atoms with van der Waals surface area (Å²) in [6.07, 6.45) is 1.60. The van der Waals surface area contributed by atoms with Crippen LogP contribution < -0.4 is 5.73 Å². The van der Waals surface area contributed by atoms with Crippen molar-refractivity contribution in [2.75, 3.05) is 12.3 Å². The molecule has 0 aliphatic heterocycles. The van der Waals surface area contributed by atoms with Crippen molar-refractivity contribution in [3.8, 4) is 11.8 Å². The lowest BCUT2D eigenvalue weighted by atomic mass is 10.2. The van der Waals surface area contributed by atoms with Gasteiger partial charge in [0.1, 0.15) is 12.4 Å². The van der Waals surface area contributed by atoms with Crippen LogP contribution in [-0.4, -0.2) is 16.7 Å². The van der Waals surface area contributed by atoms with E-state index in [2.05, 4.69) is 32.8 Å². The molecule has 3 nitrogen and oxygen atoms in total. The van der Waals surface area contributed by atoms with Crippen LogP contribution >= 0.6 is 15.9 Å². The van der Waals surface area contributed by atoms with Crippen molar-refractivity contribution >= 4 is 21.7 Å². The minimum absolute atomic E-state index is 0.175. The van der Waals surface area contributed by atoms with Gasteiger partial charge >= 0.3 is 0 Å². The van der Waals surface area contributed by atoms with Gasteiger partial charge in [0, 0.05) is 10.7 Å². The molecule has 1 aromatic rings. The Kier molecular flexibility index (Phi) is 3.09. The fourth-order valence-corrected chi connectivity index (χ4v) is 1.02. The Morgan fingerprint density at radius 3 is 3.08 bits per heavy atom. The van der Waals surface area contributed by atoms with Crippen LogP contribution in [0.2, 0.25) is 0 Å². The Labute approximate surface area is 78.7 Å². The number of nitrogen functional groups attached to an aromatic ring is 1. The average molecular weight is 227 g/mol. The number of aromatic nitrogens is 1. The van der Waals surface area contributed by atoms with Crippen LogP contribution in [0.4, 0.5) is 5.82 Å². The second-order valence-corrected chi connectivity index (χ2v) is 2.96. The Morgan fingerprint density at radius 1 is 1.67 bits per heavy atom. The van der Waals surface area contributed by atoms with E-state index in [9.17, 15) is 0 Å². The Bertz CT molecular complexity index is 341. The molecule has 62 valence electrons. The van der Waals surface area contributed by atoms with Gasteiger partial charge in [-0.25, -0.2) is 4.98 Å². The molecule has 0 spiro atoms. The molecule has 0 atom stereocenters. The number of nitrogens with two attached hydrogens (primary N) is 1. The Hall–Kier alpha value is -1.05. The summed E-state index contributed by atoms with van der Waals surface area (Å²) in [6, 6.07) is 1.75. The van der Waals surface area contributed by atoms with Crippen LogP contribution in [0.15, 0.2) is 16.7 Å². The summed E-state index contributed by atoms with van der Waals surface area (Å²) >= 11 is 3.24. The molecule has 12 heavy (non-hydrogen) atoms. The largest absolute Gasteiger partial charge is 0.384 e. The van der Waals surface area contributed by atoms with Crippen molar-refractivity contribution in [1.29, 1.82) is 0 Å². The van der Waals surface area contributed by atoms with Gasteiger partial charge in [-0.2, -0.15) is 0 Å². The van der Waals surface area contributed by atoms with Gasteiger partial charge in [0.25, 0.3) is 0 Å². The van der Waals surface area contributed by atoms with Gasteiger partial charge in [0.2, 0.25) is 0 Å². The summed E-state index contributed by atoms with van der Waals surface area (Å²) in [5.74, 6) is 5.56. The maximum atomic E-state index is 8.44. The standard InChI is InChI=1S/C8H7BrN2O/c9-7-4-6(2-1-3-12)8(10)11-5-7/h4-5,12H,3H2,(H2,10,11). The molecular formula is C8H7BrN2O. The molecule has 0 fully saturated rings. The van der Waals surface area contributed by atoms with Crippen LogP contribution in [0, 0.1) is 11.8 Å². The summed E-state index contributed by atoms with van der Waals surface area (Å²) in [7, 11) is 0. The molecular weight excluding hydrogens is 220 g/mol. The highest BCUT2D eigenvalue weighted by Gasteiger charge is 1.96. The molecule has 0 aromatic carbocycles. The SMILES string of the molecule is Nc1ncc(Br)cc1C#CCO. The van der Waals surface area contributed by atoms with E-state index in [-0.39, 0.29) is 6.61 Å². The van der Waals surface area contributed by atoms with E-state index in [1.165, 1.54) is 0 Å². The number of aliphatic hydroxyl groups excluding tert-OH is 1. The molecule has 1 heterocycles. The van der Waals surface area contributed by atoms with Gasteiger partial charge in [0.05, 0.1) is 5.56 Å². The third kappa shape index (κ3) is 2.22. The lowest BCUT2D eigenvalue weighted by Gasteiger charge is -1.96. The zero-order chi connectivity index (χ0) is 8.97. The summed E-state index contributed by atoms with van der Waals surface area (Å²) in [5, 5.41) is 8.44. The molecule has 1 rings (SSSR count). The summed E-state index contributed by atoms with van der Waals surface area (Å²) < 4.78 is 0.818. The van der Waals surface area contributed by atoms with Crippen molar-refractivity contribution in [2.24, 2.45) is 0 Å². The van der Waals surface area contributed by atoms with Gasteiger partial charge in [-0.3, -0.25) is 0 Å². The summed E-state index contributed by atoms with van der Waals surface area (Å²) in [5.41, 5.74) is 6.14. The number of hydrogen-bond acceptors (Lipinski definition) is 3. The van der Waals surface area contributed by atoms with Crippen LogP contribution in [0.3, 0.4) is 0 Å². The molecule has 0 aliphatic carbocycles. The molecule has 4 heteroatoms. The highest BCUT2D eigenvalue weighted by molar-refractivity contribution is 9.10. The van der Waals surface area contributed by atoms with Crippen LogP contribution in [0.25, 0.3) is 0 Å². The van der Waals surface area contributed by atoms with E-state index < -0.39 is 0 Å². The van der Waals surface area contributed by atoms with E-state index in [0.717, 1.165) is 4.47 Å². The van der Waals surface area contributed by atoms with Crippen LogP contribution in [0.5, 0.6) is 0 Å². The van der Waals surface area contributed by atoms with E-state index in [1.54, 1.807) is 12.3 Å². The van der Waals surface area contributed by atoms with Crippen molar-refractivity contribution in [2.45, 2.75) is 0 Å². The average Bonchev–Trinajstić information content (AvgIpc) is 2.07. The van der Waals surface area contributed by atoms with Crippen molar-refractivity contribution in [3.63, 3.8) is 0 Å². The number of aliphatic hydroxyl groups is 1. The third-order valence-corrected chi connectivity index (χ3v) is 1.62. The van der Waals surface area contributed by atoms with Crippen molar-refractivity contribution in [1.82, 2.24) is 4.98 Å². The number of rotatable bonds is 0. The van der Waals surface area contributed by atoms with E-state index >= 15 is 0 Å². The number of halogens is 1. The quantitative estimate of drug-likeness (QED) is 0.643. The molecule has 0 saturated carbocycles. The van der Waals surface area contributed by atoms with Gasteiger partial charge in [-0.05, 0) is 22.0 Å². The maximum Gasteiger partial charge on any atom is 0.139 e. The van der Waals surface area contributed by atoms with Crippen LogP contribution in [0.1, 0.15) is 5.56 Å². The minimum atomic E-state index is -0.175. The second-order valence-electron chi connectivity index (χ2n) is 2.05. The lowest BCUT2D eigenvalue weighted by molar-refractivity contribution is 0.350. The predicted octanol–water partition coefficient (Wildman–Crippen LogP) is 0.770. The number of nitrogens with zero attached hydrogens (tertiary/aromatic N) is 1. The van der Waals surface area contributed by atoms with Crippen LogP contribution in [-0.2, 0) is 0 Å². The molecule has 0 saturated heterocycles. The lowest BCUT2D eigenvalue weighted by Crippen LogP contribution is -1.93. The zero-order valence-corrected chi connectivity index (χ0v) is 7.80. The van der Waals surface area contributed by atoms with Crippen molar-refractivity contribution in [3.05, 3.63) is 22.3 Å². The first kappa shape index (κ1) is 9.04. The molecule has 1 aromatic heterocycles. The van der Waals surface area contributed by atoms with E-state index in [1.807, 2.05) is 0 Å². The number of hydrogen-bond donors (Lipinski definition) is 2. The first-order valence-electron chi connectivity index (χ1n) is 3.25. The zero-order valence-electron chi connectivity index (χ0n) is 6.21. The van der Waals surface area contributed by atoms with Gasteiger partial charge in [-0.1, -0.05) is 11.8 Å². The topological polar surface area (TPSA) is 59.1 Å². The second kappa shape index (κ2) is 4.10. The highest BCUT2D eigenvalue weighted by Crippen LogP contribution is 2.13. The molecule has 0 bridgehead atoms. The number of pyridine rings is 1. The normalized spacial score (nSPS) is 8.83.